The van der Waals surface area contributed by atoms with Crippen LogP contribution in [0, 0.1) is 12.1 Å². The number of ether oxygens (including phenoxy) is 2. The van der Waals surface area contributed by atoms with E-state index in [4.69, 9.17) is 13.9 Å². The zero-order chi connectivity index (χ0) is 41.2. The van der Waals surface area contributed by atoms with Gasteiger partial charge in [0.15, 0.2) is 0 Å². The van der Waals surface area contributed by atoms with Gasteiger partial charge in [-0.05, 0) is 91.8 Å². The summed E-state index contributed by atoms with van der Waals surface area (Å²) < 4.78 is 20.1. The van der Waals surface area contributed by atoms with Crippen molar-refractivity contribution in [1.82, 2.24) is 9.97 Å². The number of fused-ring (bicyclic) bond motifs is 8. The average Bonchev–Trinajstić information content (AvgIpc) is 3.66. The predicted molar refractivity (Wildman–Crippen MR) is 245 cm³/mol. The number of hydrogen-bond donors (Lipinski definition) is 0. The minimum atomic E-state index is -0.0578. The molecule has 5 heterocycles. The van der Waals surface area contributed by atoms with Crippen LogP contribution in [-0.2, 0) is 30.9 Å². The average molecular weight is 971 g/mol. The first-order valence-electron chi connectivity index (χ1n) is 20.5. The van der Waals surface area contributed by atoms with Crippen molar-refractivity contribution < 1.29 is 34.0 Å². The van der Waals surface area contributed by atoms with Crippen LogP contribution in [0.25, 0.3) is 55.6 Å². The molecule has 7 heteroatoms. The van der Waals surface area contributed by atoms with E-state index in [0.717, 1.165) is 83.8 Å². The van der Waals surface area contributed by atoms with E-state index in [-0.39, 0.29) is 37.6 Å². The monoisotopic (exact) mass is 971 g/mol. The molecule has 0 fully saturated rings. The maximum atomic E-state index is 6.80. The first-order valence-corrected chi connectivity index (χ1v) is 20.5. The second-order valence-corrected chi connectivity index (χ2v) is 17.5. The molecule has 0 atom stereocenters. The van der Waals surface area contributed by atoms with Crippen LogP contribution in [0.4, 0.5) is 0 Å². The van der Waals surface area contributed by atoms with Gasteiger partial charge in [0.2, 0.25) is 0 Å². The Kier molecular flexibility index (Phi) is 10.3. The Morgan fingerprint density at radius 2 is 1.25 bits per heavy atom. The Morgan fingerprint density at radius 3 is 1.92 bits per heavy atom. The molecule has 2 aliphatic rings. The van der Waals surface area contributed by atoms with Crippen LogP contribution < -0.4 is 25.9 Å². The van der Waals surface area contributed by atoms with Crippen molar-refractivity contribution >= 4 is 45.0 Å². The number of aromatic nitrogens is 2. The summed E-state index contributed by atoms with van der Waals surface area (Å²) in [4.78, 5) is 8.80. The molecule has 6 aromatic carbocycles. The maximum Gasteiger partial charge on any atom is 0.260 e. The maximum absolute atomic E-state index is 6.80. The molecule has 11 rings (SSSR count). The van der Waals surface area contributed by atoms with Crippen molar-refractivity contribution in [2.24, 2.45) is 0 Å². The van der Waals surface area contributed by atoms with Gasteiger partial charge in [-0.3, -0.25) is 0 Å². The SMILES string of the molecule is CC(C)(C)c1cccc(C(C)(C)C)c1-c1ccc2c(c1)Oc1cccc3c1B2c1ccc2oc4c(-c5ccccn5)[c-]ccc4c2c1O3.[Ir].[c-]1ccccc1-c1ccccn1. The summed E-state index contributed by atoms with van der Waals surface area (Å²) in [6.45, 7) is 13.7. The van der Waals surface area contributed by atoms with Crippen molar-refractivity contribution in [2.75, 3.05) is 0 Å². The molecule has 0 unspecified atom stereocenters. The van der Waals surface area contributed by atoms with Crippen LogP contribution in [0.1, 0.15) is 52.7 Å². The standard InChI is InChI=1S/C43H35BNO3.C11H8N.Ir/c1-42(2,3)28-14-10-15-29(43(4,5)6)37(28)25-19-20-30-36(24-25)46-34-17-11-18-35-39(34)44(30)31-21-22-33-38(41(31)48-35)27-13-9-12-26(40(27)47-33)32-16-7-8-23-45-32;1-2-6-10(7-3-1)11-8-4-5-9-12-11;/h7-11,13-24H,1-6H3;1-6,8-9H;/q2*-1;. The molecule has 1 radical (unpaired) electrons. The van der Waals surface area contributed by atoms with E-state index in [1.807, 2.05) is 78.9 Å². The molecular weight excluding hydrogens is 928 g/mol. The van der Waals surface area contributed by atoms with Crippen LogP contribution in [0.5, 0.6) is 23.0 Å². The number of rotatable bonds is 3. The van der Waals surface area contributed by atoms with Crippen molar-refractivity contribution in [3.8, 4) is 56.6 Å². The third-order valence-corrected chi connectivity index (χ3v) is 11.5. The van der Waals surface area contributed by atoms with Gasteiger partial charge < -0.3 is 23.9 Å². The number of benzene rings is 6. The summed E-state index contributed by atoms with van der Waals surface area (Å²) in [5.41, 5.74) is 13.6. The van der Waals surface area contributed by atoms with Crippen molar-refractivity contribution in [3.63, 3.8) is 0 Å². The third-order valence-electron chi connectivity index (χ3n) is 11.5. The van der Waals surface area contributed by atoms with E-state index in [0.29, 0.717) is 0 Å². The number of pyridine rings is 2. The molecule has 301 valence electrons. The molecule has 0 spiro atoms. The zero-order valence-corrected chi connectivity index (χ0v) is 37.4. The summed E-state index contributed by atoms with van der Waals surface area (Å²) in [7, 11) is 0. The fourth-order valence-corrected chi connectivity index (χ4v) is 8.75. The summed E-state index contributed by atoms with van der Waals surface area (Å²) in [5, 5.41) is 1.94. The molecule has 0 saturated carbocycles. The number of nitrogens with zero attached hydrogens (tertiary/aromatic N) is 2. The summed E-state index contributed by atoms with van der Waals surface area (Å²) in [6, 6.07) is 54.0. The number of hydrogen-bond acceptors (Lipinski definition) is 5. The molecule has 0 amide bonds. The van der Waals surface area contributed by atoms with Crippen LogP contribution >= 0.6 is 0 Å². The quantitative estimate of drug-likeness (QED) is 0.130. The summed E-state index contributed by atoms with van der Waals surface area (Å²) in [5.74, 6) is 3.34. The Morgan fingerprint density at radius 1 is 0.574 bits per heavy atom. The fourth-order valence-electron chi connectivity index (χ4n) is 8.75. The molecule has 9 aromatic rings. The molecule has 61 heavy (non-hydrogen) atoms. The topological polar surface area (TPSA) is 57.4 Å². The number of furan rings is 1. The first kappa shape index (κ1) is 40.2. The molecule has 5 nitrogen and oxygen atoms in total. The second kappa shape index (κ2) is 15.6. The van der Waals surface area contributed by atoms with Crippen LogP contribution in [-0.4, -0.2) is 16.7 Å². The van der Waals surface area contributed by atoms with Gasteiger partial charge in [-0.25, -0.2) is 0 Å². The van der Waals surface area contributed by atoms with Gasteiger partial charge in [-0.15, -0.1) is 54.1 Å². The van der Waals surface area contributed by atoms with Gasteiger partial charge in [-0.1, -0.05) is 119 Å². The van der Waals surface area contributed by atoms with Gasteiger partial charge in [0.05, 0.1) is 11.0 Å². The minimum absolute atomic E-state index is 0. The van der Waals surface area contributed by atoms with Crippen LogP contribution in [0.15, 0.2) is 156 Å². The van der Waals surface area contributed by atoms with Crippen LogP contribution in [0.3, 0.4) is 0 Å². The molecular formula is C54H43BIrN2O3-2. The molecule has 0 aliphatic carbocycles. The van der Waals surface area contributed by atoms with E-state index in [1.54, 1.807) is 12.4 Å². The second-order valence-electron chi connectivity index (χ2n) is 17.5. The van der Waals surface area contributed by atoms with E-state index in [9.17, 15) is 0 Å². The summed E-state index contributed by atoms with van der Waals surface area (Å²) in [6.07, 6.45) is 3.58. The largest absolute Gasteiger partial charge is 0.500 e. The van der Waals surface area contributed by atoms with Crippen molar-refractivity contribution in [2.45, 2.75) is 52.4 Å². The smallest absolute Gasteiger partial charge is 0.260 e. The minimum Gasteiger partial charge on any atom is -0.500 e. The van der Waals surface area contributed by atoms with Crippen molar-refractivity contribution in [1.29, 1.82) is 0 Å². The van der Waals surface area contributed by atoms with Crippen LogP contribution in [0.2, 0.25) is 0 Å². The van der Waals surface area contributed by atoms with Gasteiger partial charge >= 0.3 is 0 Å². The van der Waals surface area contributed by atoms with Gasteiger partial charge in [-0.2, -0.15) is 0 Å². The fraction of sp³-hybridized carbons (Fsp3) is 0.148. The zero-order valence-electron chi connectivity index (χ0n) is 35.0. The molecule has 0 N–H and O–H groups in total. The van der Waals surface area contributed by atoms with Gasteiger partial charge in [0.1, 0.15) is 28.6 Å². The Hall–Kier alpha value is -6.27. The molecule has 0 bridgehead atoms. The normalized spacial score (nSPS) is 12.5. The molecule has 0 saturated heterocycles. The predicted octanol–water partition coefficient (Wildman–Crippen LogP) is 12.0. The van der Waals surface area contributed by atoms with Gasteiger partial charge in [0.25, 0.3) is 6.71 Å². The van der Waals surface area contributed by atoms with Crippen molar-refractivity contribution in [3.05, 3.63) is 175 Å². The van der Waals surface area contributed by atoms with E-state index in [1.165, 1.54) is 22.3 Å². The Bertz CT molecular complexity index is 2990. The Labute approximate surface area is 371 Å². The van der Waals surface area contributed by atoms with E-state index in [2.05, 4.69) is 124 Å². The third kappa shape index (κ3) is 7.16. The Balaban J connectivity index is 0.000000316. The first-order chi connectivity index (χ1) is 29.0. The van der Waals surface area contributed by atoms with E-state index >= 15 is 0 Å². The molecule has 3 aromatic heterocycles. The van der Waals surface area contributed by atoms with Gasteiger partial charge in [0, 0.05) is 38.0 Å². The summed E-state index contributed by atoms with van der Waals surface area (Å²) >= 11 is 0. The van der Waals surface area contributed by atoms with E-state index < -0.39 is 0 Å². The molecule has 2 aliphatic heterocycles.